The van der Waals surface area contributed by atoms with Gasteiger partial charge in [0.2, 0.25) is 0 Å². The van der Waals surface area contributed by atoms with E-state index in [9.17, 15) is 0 Å². The Labute approximate surface area is 113 Å². The third-order valence-electron chi connectivity index (χ3n) is 3.16. The second-order valence-electron chi connectivity index (χ2n) is 6.20. The van der Waals surface area contributed by atoms with Crippen molar-refractivity contribution in [3.05, 3.63) is 35.4 Å². The lowest BCUT2D eigenvalue weighted by Gasteiger charge is -2.20. The first-order valence-electron chi connectivity index (χ1n) is 7.34. The molecule has 0 fully saturated rings. The summed E-state index contributed by atoms with van der Waals surface area (Å²) >= 11 is 0. The Balaban J connectivity index is 2.31. The van der Waals surface area contributed by atoms with Gasteiger partial charge in [-0.15, -0.1) is 0 Å². The normalized spacial score (nSPS) is 11.8. The van der Waals surface area contributed by atoms with Crippen LogP contribution in [0.2, 0.25) is 0 Å². The van der Waals surface area contributed by atoms with Crippen LogP contribution in [0.5, 0.6) is 0 Å². The maximum absolute atomic E-state index is 3.53. The maximum atomic E-state index is 3.53. The molecule has 0 aliphatic heterocycles. The molecule has 0 saturated heterocycles. The largest absolute Gasteiger partial charge is 0.312 e. The van der Waals surface area contributed by atoms with Gasteiger partial charge in [0.1, 0.15) is 0 Å². The van der Waals surface area contributed by atoms with Gasteiger partial charge >= 0.3 is 0 Å². The van der Waals surface area contributed by atoms with Gasteiger partial charge in [0.25, 0.3) is 0 Å². The van der Waals surface area contributed by atoms with E-state index >= 15 is 0 Å². The van der Waals surface area contributed by atoms with Gasteiger partial charge in [-0.1, -0.05) is 44.0 Å². The van der Waals surface area contributed by atoms with Crippen molar-refractivity contribution in [1.82, 2.24) is 5.32 Å². The lowest BCUT2D eigenvalue weighted by molar-refractivity contribution is 0.429. The summed E-state index contributed by atoms with van der Waals surface area (Å²) in [5, 5.41) is 3.53. The molecule has 0 aliphatic carbocycles. The van der Waals surface area contributed by atoms with E-state index < -0.39 is 0 Å². The fourth-order valence-corrected chi connectivity index (χ4v) is 2.03. The van der Waals surface area contributed by atoms with Crippen molar-refractivity contribution in [3.63, 3.8) is 0 Å². The van der Waals surface area contributed by atoms with Crippen LogP contribution in [-0.2, 0) is 12.8 Å². The van der Waals surface area contributed by atoms with E-state index in [2.05, 4.69) is 57.3 Å². The molecule has 0 aromatic heterocycles. The zero-order valence-electron chi connectivity index (χ0n) is 12.6. The summed E-state index contributed by atoms with van der Waals surface area (Å²) in [6, 6.07) is 9.15. The fourth-order valence-electron chi connectivity index (χ4n) is 2.03. The molecule has 0 saturated carbocycles. The van der Waals surface area contributed by atoms with Crippen LogP contribution in [0.3, 0.4) is 0 Å². The zero-order chi connectivity index (χ0) is 13.4. The molecule has 1 aromatic rings. The molecule has 0 radical (unpaired) electrons. The number of unbranched alkanes of at least 4 members (excludes halogenated alkanes) is 2. The van der Waals surface area contributed by atoms with Crippen LogP contribution in [0, 0.1) is 0 Å². The Morgan fingerprint density at radius 1 is 0.889 bits per heavy atom. The fraction of sp³-hybridized carbons (Fsp3) is 0.647. The first-order chi connectivity index (χ1) is 8.51. The molecular formula is C17H29N. The Bertz CT molecular complexity index is 318. The third kappa shape index (κ3) is 6.80. The van der Waals surface area contributed by atoms with Crippen LogP contribution in [0.15, 0.2) is 24.3 Å². The highest BCUT2D eigenvalue weighted by atomic mass is 14.9. The predicted octanol–water partition coefficient (Wildman–Crippen LogP) is 4.35. The van der Waals surface area contributed by atoms with Crippen LogP contribution in [-0.4, -0.2) is 12.1 Å². The van der Waals surface area contributed by atoms with Crippen LogP contribution < -0.4 is 5.32 Å². The molecule has 1 nitrogen and oxygen atoms in total. The highest BCUT2D eigenvalue weighted by molar-refractivity contribution is 5.22. The minimum atomic E-state index is 0.222. The van der Waals surface area contributed by atoms with Crippen LogP contribution in [0.4, 0.5) is 0 Å². The number of aryl methyl sites for hydroxylation is 1. The van der Waals surface area contributed by atoms with E-state index in [0.29, 0.717) is 0 Å². The number of rotatable bonds is 7. The van der Waals surface area contributed by atoms with E-state index in [1.54, 1.807) is 0 Å². The molecule has 1 heteroatoms. The van der Waals surface area contributed by atoms with Crippen molar-refractivity contribution in [2.24, 2.45) is 0 Å². The topological polar surface area (TPSA) is 12.0 Å². The number of hydrogen-bond donors (Lipinski definition) is 1. The second kappa shape index (κ2) is 7.58. The van der Waals surface area contributed by atoms with E-state index in [0.717, 1.165) is 13.0 Å². The van der Waals surface area contributed by atoms with Crippen LogP contribution in [0.1, 0.15) is 58.1 Å². The van der Waals surface area contributed by atoms with Crippen LogP contribution in [0.25, 0.3) is 0 Å². The molecule has 0 heterocycles. The van der Waals surface area contributed by atoms with Gasteiger partial charge in [-0.3, -0.25) is 0 Å². The summed E-state index contributed by atoms with van der Waals surface area (Å²) in [5.41, 5.74) is 3.14. The van der Waals surface area contributed by atoms with Gasteiger partial charge in [0, 0.05) is 5.54 Å². The van der Waals surface area contributed by atoms with E-state index in [4.69, 9.17) is 0 Å². The molecular weight excluding hydrogens is 218 g/mol. The number of benzene rings is 1. The Morgan fingerprint density at radius 2 is 1.44 bits per heavy atom. The molecule has 0 unspecified atom stereocenters. The Hall–Kier alpha value is -0.820. The van der Waals surface area contributed by atoms with Crippen LogP contribution >= 0.6 is 0 Å². The summed E-state index contributed by atoms with van der Waals surface area (Å²) < 4.78 is 0. The number of hydrogen-bond acceptors (Lipinski definition) is 1. The van der Waals surface area contributed by atoms with Crippen molar-refractivity contribution in [1.29, 1.82) is 0 Å². The van der Waals surface area contributed by atoms with E-state index in [1.165, 1.54) is 36.8 Å². The standard InChI is InChI=1S/C17H29N/c1-5-6-7-8-15-9-11-16(12-10-15)13-14-18-17(2,3)4/h9-12,18H,5-8,13-14H2,1-4H3. The van der Waals surface area contributed by atoms with Crippen molar-refractivity contribution in [3.8, 4) is 0 Å². The first kappa shape index (κ1) is 15.2. The smallest absolute Gasteiger partial charge is 0.00966 e. The van der Waals surface area contributed by atoms with Gasteiger partial charge in [0.05, 0.1) is 0 Å². The van der Waals surface area contributed by atoms with Crippen molar-refractivity contribution in [2.75, 3.05) is 6.54 Å². The van der Waals surface area contributed by atoms with Gasteiger partial charge in [-0.2, -0.15) is 0 Å². The molecule has 1 aromatic carbocycles. The minimum Gasteiger partial charge on any atom is -0.312 e. The lowest BCUT2D eigenvalue weighted by atomic mass is 10.0. The first-order valence-corrected chi connectivity index (χ1v) is 7.34. The van der Waals surface area contributed by atoms with Gasteiger partial charge < -0.3 is 5.32 Å². The second-order valence-corrected chi connectivity index (χ2v) is 6.20. The molecule has 0 amide bonds. The van der Waals surface area contributed by atoms with E-state index in [-0.39, 0.29) is 5.54 Å². The van der Waals surface area contributed by atoms with Gasteiger partial charge in [-0.05, 0) is 57.7 Å². The van der Waals surface area contributed by atoms with Gasteiger partial charge in [-0.25, -0.2) is 0 Å². The van der Waals surface area contributed by atoms with Crippen molar-refractivity contribution >= 4 is 0 Å². The zero-order valence-corrected chi connectivity index (χ0v) is 12.6. The average molecular weight is 247 g/mol. The molecule has 0 atom stereocenters. The highest BCUT2D eigenvalue weighted by Crippen LogP contribution is 2.09. The molecule has 1 rings (SSSR count). The SMILES string of the molecule is CCCCCc1ccc(CCNC(C)(C)C)cc1. The molecule has 0 spiro atoms. The summed E-state index contributed by atoms with van der Waals surface area (Å²) in [4.78, 5) is 0. The average Bonchev–Trinajstić information content (AvgIpc) is 2.30. The minimum absolute atomic E-state index is 0.222. The molecule has 0 aliphatic rings. The summed E-state index contributed by atoms with van der Waals surface area (Å²) in [6.07, 6.45) is 6.32. The number of nitrogens with one attached hydrogen (secondary N) is 1. The highest BCUT2D eigenvalue weighted by Gasteiger charge is 2.07. The third-order valence-corrected chi connectivity index (χ3v) is 3.16. The lowest BCUT2D eigenvalue weighted by Crippen LogP contribution is -2.37. The Kier molecular flexibility index (Phi) is 6.42. The van der Waals surface area contributed by atoms with Gasteiger partial charge in [0.15, 0.2) is 0 Å². The molecule has 18 heavy (non-hydrogen) atoms. The van der Waals surface area contributed by atoms with Crippen molar-refractivity contribution in [2.45, 2.75) is 65.3 Å². The Morgan fingerprint density at radius 3 is 1.94 bits per heavy atom. The molecule has 0 bridgehead atoms. The van der Waals surface area contributed by atoms with E-state index in [1.807, 2.05) is 0 Å². The predicted molar refractivity (Wildman–Crippen MR) is 81.1 cm³/mol. The summed E-state index contributed by atoms with van der Waals surface area (Å²) in [6.45, 7) is 9.95. The molecule has 102 valence electrons. The maximum Gasteiger partial charge on any atom is 0.00966 e. The summed E-state index contributed by atoms with van der Waals surface area (Å²) in [7, 11) is 0. The monoisotopic (exact) mass is 247 g/mol. The quantitative estimate of drug-likeness (QED) is 0.706. The summed E-state index contributed by atoms with van der Waals surface area (Å²) in [5.74, 6) is 0. The van der Waals surface area contributed by atoms with Crippen molar-refractivity contribution < 1.29 is 0 Å². The molecule has 1 N–H and O–H groups in total.